The van der Waals surface area contributed by atoms with Crippen LogP contribution in [0.15, 0.2) is 11.8 Å². The zero-order chi connectivity index (χ0) is 49.5. The van der Waals surface area contributed by atoms with Crippen molar-refractivity contribution in [2.45, 2.75) is 217 Å². The molecular weight excluding hydrogens is 861 g/mol. The number of amides is 3. The highest BCUT2D eigenvalue weighted by atomic mass is 16.7. The van der Waals surface area contributed by atoms with Gasteiger partial charge in [0, 0.05) is 12.6 Å². The van der Waals surface area contributed by atoms with Crippen LogP contribution in [0, 0.1) is 5.92 Å². The molecule has 21 nitrogen and oxygen atoms in total. The van der Waals surface area contributed by atoms with Gasteiger partial charge < -0.3 is 86.9 Å². The number of ether oxygens (including phenoxy) is 7. The monoisotopic (exact) mass is 945 g/mol. The average molecular weight is 945 g/mol. The number of nitrogens with zero attached hydrogens (tertiary/aromatic N) is 1. The Morgan fingerprint density at radius 3 is 2.06 bits per heavy atom. The lowest BCUT2D eigenvalue weighted by atomic mass is 9.81. The van der Waals surface area contributed by atoms with Gasteiger partial charge in [-0.25, -0.2) is 9.59 Å². The molecule has 1 saturated heterocycles. The average Bonchev–Trinajstić information content (AvgIpc) is 3.16. The lowest BCUT2D eigenvalue weighted by Crippen LogP contribution is -2.72. The van der Waals surface area contributed by atoms with Gasteiger partial charge >= 0.3 is 12.2 Å². The topological polar surface area (TPSA) is 306 Å². The number of rotatable bonds is 18. The fraction of sp³-hybridized carbons (Fsp3) is 0.889. The fourth-order valence-corrected chi connectivity index (χ4v) is 8.89. The maximum absolute atomic E-state index is 13.8. The van der Waals surface area contributed by atoms with Crippen molar-refractivity contribution in [3.63, 3.8) is 0 Å². The highest BCUT2D eigenvalue weighted by Gasteiger charge is 2.54. The van der Waals surface area contributed by atoms with Gasteiger partial charge in [-0.3, -0.25) is 9.69 Å². The molecule has 382 valence electrons. The number of nitrogens with one attached hydrogen (secondary N) is 4. The lowest BCUT2D eigenvalue weighted by molar-refractivity contribution is -0.294. The van der Waals surface area contributed by atoms with Crippen LogP contribution in [0.4, 0.5) is 9.59 Å². The molecule has 0 aromatic rings. The molecule has 2 aliphatic heterocycles. The van der Waals surface area contributed by atoms with Crippen LogP contribution in [0.25, 0.3) is 0 Å². The van der Waals surface area contributed by atoms with Crippen LogP contribution < -0.4 is 38.5 Å². The largest absolute Gasteiger partial charge is 0.467 e. The molecule has 4 aliphatic rings. The number of aliphatic hydroxyl groups is 3. The first-order chi connectivity index (χ1) is 30.5. The predicted octanol–water partition coefficient (Wildman–Crippen LogP) is 0.746. The first-order valence-corrected chi connectivity index (χ1v) is 23.5. The van der Waals surface area contributed by atoms with E-state index in [2.05, 4.69) is 21.3 Å². The van der Waals surface area contributed by atoms with E-state index >= 15 is 0 Å². The Labute approximate surface area is 391 Å². The van der Waals surface area contributed by atoms with Crippen LogP contribution in [0.3, 0.4) is 0 Å². The van der Waals surface area contributed by atoms with Crippen LogP contribution in [0.2, 0.25) is 0 Å². The normalized spacial score (nSPS) is 34.0. The van der Waals surface area contributed by atoms with E-state index in [1.54, 1.807) is 55.5 Å². The molecule has 0 radical (unpaired) electrons. The molecule has 0 aromatic carbocycles. The highest BCUT2D eigenvalue weighted by Crippen LogP contribution is 2.35. The number of alkyl carbamates (subject to hydrolysis) is 2. The minimum atomic E-state index is -1.64. The smallest absolute Gasteiger partial charge is 0.407 e. The maximum Gasteiger partial charge on any atom is 0.407 e. The van der Waals surface area contributed by atoms with Crippen molar-refractivity contribution >= 4 is 18.1 Å². The van der Waals surface area contributed by atoms with Crippen molar-refractivity contribution in [1.29, 1.82) is 0 Å². The summed E-state index contributed by atoms with van der Waals surface area (Å²) in [5.74, 6) is -0.0117. The molecule has 0 bridgehead atoms. The molecule has 3 amide bonds. The summed E-state index contributed by atoms with van der Waals surface area (Å²) in [5.41, 5.74) is 15.4. The molecule has 13 N–H and O–H groups in total. The fourth-order valence-electron chi connectivity index (χ4n) is 8.89. The van der Waals surface area contributed by atoms with Crippen molar-refractivity contribution < 1.29 is 62.9 Å². The van der Waals surface area contributed by atoms with Gasteiger partial charge in [0.1, 0.15) is 53.2 Å². The highest BCUT2D eigenvalue weighted by molar-refractivity contribution is 5.81. The number of carbonyl (C=O) groups is 3. The maximum atomic E-state index is 13.8. The Kier molecular flexibility index (Phi) is 19.5. The van der Waals surface area contributed by atoms with Crippen LogP contribution in [0.5, 0.6) is 0 Å². The van der Waals surface area contributed by atoms with Crippen LogP contribution in [-0.2, 0) is 38.0 Å². The molecule has 4 rings (SSSR count). The standard InChI is InChI=1S/C45H84N8O13/c1-13-31(64-42(2,3)4)53(12)36-32(48)39(60-23-45(36,11)59)63-34-28(51-37(56)30(54)16-17-49-40(57)65-43(5,6)7)20-29(52-41(58)66-44(8,9)10)35(33(34)55)62-38-27(15-14-26(21-46)61-38)50-22-24-18-25(47)19-24/h14,24-25,27-36,38-39,50,54-55,59H,13,15-23,46-48H2,1-12H3,(H,49,57)(H,51,56)(H,52,58)/t24-,25-,27-,28-,29+,30+,31?,32-,33-,34+,35-,36-,38-,39-,45+/m1/s1. The minimum absolute atomic E-state index is 0.0856. The Morgan fingerprint density at radius 2 is 1.50 bits per heavy atom. The first-order valence-electron chi connectivity index (χ1n) is 23.5. The molecule has 13 atom stereocenters. The molecule has 0 aromatic heterocycles. The van der Waals surface area contributed by atoms with E-state index < -0.39 is 114 Å². The van der Waals surface area contributed by atoms with E-state index in [4.69, 9.17) is 50.4 Å². The van der Waals surface area contributed by atoms with Gasteiger partial charge in [0.2, 0.25) is 12.2 Å². The molecule has 2 aliphatic carbocycles. The molecule has 1 unspecified atom stereocenters. The third-order valence-electron chi connectivity index (χ3n) is 11.9. The molecule has 3 fully saturated rings. The Balaban J connectivity index is 1.69. The third-order valence-corrected chi connectivity index (χ3v) is 11.9. The molecule has 2 heterocycles. The number of hydrogen-bond donors (Lipinski definition) is 10. The van der Waals surface area contributed by atoms with Crippen molar-refractivity contribution in [3.8, 4) is 0 Å². The summed E-state index contributed by atoms with van der Waals surface area (Å²) in [6.07, 6.45) is -5.83. The Bertz CT molecular complexity index is 1610. The number of aliphatic hydroxyl groups excluding tert-OH is 2. The van der Waals surface area contributed by atoms with Gasteiger partial charge in [0.25, 0.3) is 0 Å². The lowest BCUT2D eigenvalue weighted by Gasteiger charge is -2.52. The SMILES string of the molecule is CCC(OC(C)(C)C)N(C)[C@@H]1[C@@H](N)[C@@H](O[C@@H]2[C@@H](O)[C@H](O[C@H]3OC(CN)=CC[C@H]3NC[C@H]3C[C@H](N)C3)[C@@H](NC(=O)OC(C)(C)C)C[C@H]2NC(=O)[C@@H](O)CCNC(=O)OC(C)(C)C)OC[C@]1(C)O. The van der Waals surface area contributed by atoms with E-state index in [9.17, 15) is 29.7 Å². The first kappa shape index (κ1) is 55.7. The summed E-state index contributed by atoms with van der Waals surface area (Å²) in [7, 11) is 1.80. The molecule has 66 heavy (non-hydrogen) atoms. The van der Waals surface area contributed by atoms with Gasteiger partial charge in [-0.2, -0.15) is 0 Å². The molecule has 21 heteroatoms. The Hall–Kier alpha value is -2.93. The van der Waals surface area contributed by atoms with Gasteiger partial charge in [0.05, 0.1) is 49.0 Å². The van der Waals surface area contributed by atoms with Gasteiger partial charge in [-0.05, 0) is 133 Å². The Morgan fingerprint density at radius 1 is 0.909 bits per heavy atom. The predicted molar refractivity (Wildman–Crippen MR) is 244 cm³/mol. The number of nitrogens with two attached hydrogens (primary N) is 3. The van der Waals surface area contributed by atoms with Crippen molar-refractivity contribution in [3.05, 3.63) is 11.8 Å². The molecule has 0 spiro atoms. The van der Waals surface area contributed by atoms with E-state index in [0.29, 0.717) is 31.1 Å². The third kappa shape index (κ3) is 16.4. The second-order valence-electron chi connectivity index (χ2n) is 21.6. The minimum Gasteiger partial charge on any atom is -0.467 e. The van der Waals surface area contributed by atoms with Gasteiger partial charge in [-0.15, -0.1) is 0 Å². The number of hydrogen-bond acceptors (Lipinski definition) is 18. The van der Waals surface area contributed by atoms with Crippen LogP contribution >= 0.6 is 0 Å². The van der Waals surface area contributed by atoms with Gasteiger partial charge in [0.15, 0.2) is 6.29 Å². The zero-order valence-electron chi connectivity index (χ0n) is 41.3. The second-order valence-corrected chi connectivity index (χ2v) is 21.6. The second kappa shape index (κ2) is 23.1. The van der Waals surface area contributed by atoms with E-state index in [1.165, 1.54) is 0 Å². The van der Waals surface area contributed by atoms with Crippen LogP contribution in [0.1, 0.15) is 115 Å². The molecule has 2 saturated carbocycles. The number of likely N-dealkylation sites (N-methyl/N-ethyl adjacent to an activating group) is 1. The van der Waals surface area contributed by atoms with Gasteiger partial charge in [-0.1, -0.05) is 6.92 Å². The summed E-state index contributed by atoms with van der Waals surface area (Å²) in [4.78, 5) is 41.5. The van der Waals surface area contributed by atoms with Crippen LogP contribution in [-0.4, -0.2) is 173 Å². The summed E-state index contributed by atoms with van der Waals surface area (Å²) in [6.45, 7) is 20.0. The van der Waals surface area contributed by atoms with E-state index in [0.717, 1.165) is 12.8 Å². The van der Waals surface area contributed by atoms with Crippen molar-refractivity contribution in [1.82, 2.24) is 26.2 Å². The summed E-state index contributed by atoms with van der Waals surface area (Å²) in [5, 5.41) is 47.2. The number of carbonyl (C=O) groups excluding carboxylic acids is 3. The summed E-state index contributed by atoms with van der Waals surface area (Å²) in [6, 6.07) is -4.27. The van der Waals surface area contributed by atoms with Crippen molar-refractivity contribution in [2.75, 3.05) is 33.3 Å². The molecular formula is C45H84N8O13. The zero-order valence-corrected chi connectivity index (χ0v) is 41.3. The van der Waals surface area contributed by atoms with E-state index in [-0.39, 0.29) is 38.6 Å². The quantitative estimate of drug-likeness (QED) is 0.0848. The summed E-state index contributed by atoms with van der Waals surface area (Å²) >= 11 is 0. The van der Waals surface area contributed by atoms with Crippen molar-refractivity contribution in [2.24, 2.45) is 23.1 Å². The van der Waals surface area contributed by atoms with E-state index in [1.807, 2.05) is 38.7 Å². The summed E-state index contributed by atoms with van der Waals surface area (Å²) < 4.78 is 43.1.